The highest BCUT2D eigenvalue weighted by Gasteiger charge is 2.46. The van der Waals surface area contributed by atoms with E-state index in [0.29, 0.717) is 0 Å². The molecule has 0 bridgehead atoms. The van der Waals surface area contributed by atoms with Gasteiger partial charge in [-0.2, -0.15) is 0 Å². The Hall–Kier alpha value is -8.68. The summed E-state index contributed by atoms with van der Waals surface area (Å²) in [5.74, 6) is 1.74. The van der Waals surface area contributed by atoms with Gasteiger partial charge in [0.1, 0.15) is 45.0 Å². The summed E-state index contributed by atoms with van der Waals surface area (Å²) in [5.41, 5.74) is 19.2. The van der Waals surface area contributed by atoms with E-state index in [0.717, 1.165) is 134 Å². The molecule has 0 atom stereocenters. The van der Waals surface area contributed by atoms with Crippen molar-refractivity contribution in [2.24, 2.45) is 0 Å². The molecule has 6 nitrogen and oxygen atoms in total. The molecule has 0 radical (unpaired) electrons. The zero-order valence-electron chi connectivity index (χ0n) is 36.5. The van der Waals surface area contributed by atoms with Gasteiger partial charge in [0.25, 0.3) is 6.71 Å². The molecule has 2 aliphatic heterocycles. The molecule has 67 heavy (non-hydrogen) atoms. The lowest BCUT2D eigenvalue weighted by molar-refractivity contribution is 0.579. The van der Waals surface area contributed by atoms with Crippen molar-refractivity contribution >= 4 is 123 Å². The second-order valence-corrected chi connectivity index (χ2v) is 18.0. The molecule has 6 heterocycles. The Morgan fingerprint density at radius 3 is 1.30 bits per heavy atom. The van der Waals surface area contributed by atoms with Crippen molar-refractivity contribution in [3.63, 3.8) is 0 Å². The van der Waals surface area contributed by atoms with Gasteiger partial charge in [-0.15, -0.1) is 0 Å². The van der Waals surface area contributed by atoms with E-state index >= 15 is 0 Å². The Morgan fingerprint density at radius 2 is 0.821 bits per heavy atom. The fraction of sp³-hybridized carbons (Fsp3) is 0.0333. The number of hydrogen-bond donors (Lipinski definition) is 0. The maximum absolute atomic E-state index is 6.74. The van der Waals surface area contributed by atoms with E-state index in [1.54, 1.807) is 0 Å². The fourth-order valence-electron chi connectivity index (χ4n) is 11.6. The predicted molar refractivity (Wildman–Crippen MR) is 275 cm³/mol. The molecule has 0 fully saturated rings. The first-order valence-electron chi connectivity index (χ1n) is 22.9. The van der Waals surface area contributed by atoms with Gasteiger partial charge in [0.15, 0.2) is 0 Å². The van der Waals surface area contributed by atoms with Crippen LogP contribution in [0.4, 0.5) is 34.1 Å². The van der Waals surface area contributed by atoms with Gasteiger partial charge in [-0.1, -0.05) is 115 Å². The molecule has 314 valence electrons. The number of para-hydroxylation sites is 2. The number of aryl methyl sites for hydroxylation is 2. The third-order valence-electron chi connectivity index (χ3n) is 14.2. The standard InChI is InChI=1S/C60H37BN2O4/c1-34-32-38-24-28-44(52(59(38)64-34)36-14-5-3-6-15-36)62-46-20-13-21-47-56(46)61(42-26-30-50-54(57(42)62)40-18-9-11-22-48(40)66-50)43-27-31-51-55(41-19-10-12-23-49(41)67-51)58(43)63(47)45-29-25-39-33-35(2)65-60(39)53(45)37-16-7-4-8-17-37/h3-33H,1-2H3. The predicted octanol–water partition coefficient (Wildman–Crippen LogP) is 15.0. The molecule has 7 heteroatoms. The van der Waals surface area contributed by atoms with Crippen LogP contribution in [0.3, 0.4) is 0 Å². The number of hydrogen-bond acceptors (Lipinski definition) is 6. The third-order valence-corrected chi connectivity index (χ3v) is 14.2. The van der Waals surface area contributed by atoms with E-state index in [2.05, 4.69) is 198 Å². The summed E-state index contributed by atoms with van der Waals surface area (Å²) < 4.78 is 26.9. The van der Waals surface area contributed by atoms with Crippen LogP contribution >= 0.6 is 0 Å². The first-order valence-corrected chi connectivity index (χ1v) is 22.9. The van der Waals surface area contributed by atoms with Crippen LogP contribution in [0.2, 0.25) is 0 Å². The zero-order chi connectivity index (χ0) is 44.1. The summed E-state index contributed by atoms with van der Waals surface area (Å²) in [7, 11) is 0. The lowest BCUT2D eigenvalue weighted by Gasteiger charge is -2.45. The second kappa shape index (κ2) is 13.4. The van der Waals surface area contributed by atoms with Gasteiger partial charge in [-0.25, -0.2) is 0 Å². The van der Waals surface area contributed by atoms with Gasteiger partial charge in [0, 0.05) is 44.0 Å². The van der Waals surface area contributed by atoms with Gasteiger partial charge >= 0.3 is 0 Å². The van der Waals surface area contributed by atoms with E-state index in [9.17, 15) is 0 Å². The van der Waals surface area contributed by atoms with Gasteiger partial charge in [-0.05, 0) is 114 Å². The molecule has 15 rings (SSSR count). The average Bonchev–Trinajstić information content (AvgIpc) is 4.15. The number of benzene rings is 9. The number of furan rings is 4. The largest absolute Gasteiger partial charge is 0.461 e. The van der Waals surface area contributed by atoms with Crippen molar-refractivity contribution in [3.05, 3.63) is 200 Å². The Labute approximate surface area is 384 Å². The SMILES string of the molecule is Cc1cc2ccc(N3c4cccc5c4B(c4ccc6oc7ccccc7c6c43)c3ccc4oc6ccccc6c4c3N5c3ccc4cc(C)oc4c3-c3ccccc3)c(-c3ccccc3)c2o1. The molecule has 13 aromatic rings. The molecule has 0 saturated heterocycles. The Kier molecular flexibility index (Phi) is 7.35. The summed E-state index contributed by atoms with van der Waals surface area (Å²) in [4.78, 5) is 5.00. The van der Waals surface area contributed by atoms with Crippen LogP contribution in [-0.2, 0) is 0 Å². The number of anilines is 6. The van der Waals surface area contributed by atoms with Crippen molar-refractivity contribution in [1.29, 1.82) is 0 Å². The molecule has 0 N–H and O–H groups in total. The first kappa shape index (κ1) is 36.6. The number of fused-ring (bicyclic) bond motifs is 14. The van der Waals surface area contributed by atoms with E-state index in [1.807, 2.05) is 13.8 Å². The first-order chi connectivity index (χ1) is 33.1. The van der Waals surface area contributed by atoms with Crippen LogP contribution in [0.15, 0.2) is 206 Å². The van der Waals surface area contributed by atoms with Crippen LogP contribution in [0.25, 0.3) is 88.1 Å². The molecule has 0 spiro atoms. The van der Waals surface area contributed by atoms with Crippen LogP contribution in [-0.4, -0.2) is 6.71 Å². The van der Waals surface area contributed by atoms with Gasteiger partial charge in [0.2, 0.25) is 0 Å². The molecule has 0 unspecified atom stereocenters. The summed E-state index contributed by atoms with van der Waals surface area (Å²) >= 11 is 0. The number of nitrogens with zero attached hydrogens (tertiary/aromatic N) is 2. The molecule has 0 amide bonds. The maximum atomic E-state index is 6.74. The lowest BCUT2D eigenvalue weighted by atomic mass is 9.33. The monoisotopic (exact) mass is 860 g/mol. The molecular formula is C60H37BN2O4. The van der Waals surface area contributed by atoms with Crippen LogP contribution in [0, 0.1) is 13.8 Å². The Morgan fingerprint density at radius 1 is 0.373 bits per heavy atom. The molecule has 4 aromatic heterocycles. The highest BCUT2D eigenvalue weighted by Crippen LogP contribution is 2.54. The molecule has 0 saturated carbocycles. The summed E-state index contributed by atoms with van der Waals surface area (Å²) in [6, 6.07) is 67.2. The van der Waals surface area contributed by atoms with E-state index < -0.39 is 0 Å². The Balaban J connectivity index is 1.13. The Bertz CT molecular complexity index is 3950. The highest BCUT2D eigenvalue weighted by molar-refractivity contribution is 7.01. The van der Waals surface area contributed by atoms with Crippen molar-refractivity contribution in [2.75, 3.05) is 9.80 Å². The van der Waals surface area contributed by atoms with Crippen LogP contribution < -0.4 is 26.2 Å². The van der Waals surface area contributed by atoms with E-state index in [4.69, 9.17) is 17.7 Å². The fourth-order valence-corrected chi connectivity index (χ4v) is 11.6. The minimum absolute atomic E-state index is 0.177. The van der Waals surface area contributed by atoms with Gasteiger partial charge < -0.3 is 27.5 Å². The van der Waals surface area contributed by atoms with Gasteiger partial charge in [-0.3, -0.25) is 0 Å². The van der Waals surface area contributed by atoms with Crippen LogP contribution in [0.1, 0.15) is 11.5 Å². The molecular weight excluding hydrogens is 823 g/mol. The smallest absolute Gasteiger partial charge is 0.252 e. The van der Waals surface area contributed by atoms with Gasteiger partial charge in [0.05, 0.1) is 33.5 Å². The molecule has 9 aromatic carbocycles. The van der Waals surface area contributed by atoms with E-state index in [1.165, 1.54) is 16.4 Å². The van der Waals surface area contributed by atoms with Crippen molar-refractivity contribution < 1.29 is 17.7 Å². The van der Waals surface area contributed by atoms with Crippen molar-refractivity contribution in [2.45, 2.75) is 13.8 Å². The highest BCUT2D eigenvalue weighted by atomic mass is 16.3. The quantitative estimate of drug-likeness (QED) is 0.164. The normalized spacial score (nSPS) is 13.1. The molecule has 2 aliphatic rings. The third kappa shape index (κ3) is 5.00. The average molecular weight is 861 g/mol. The topological polar surface area (TPSA) is 59.0 Å². The number of rotatable bonds is 4. The summed E-state index contributed by atoms with van der Waals surface area (Å²) in [6.45, 7) is 3.88. The minimum atomic E-state index is -0.177. The maximum Gasteiger partial charge on any atom is 0.252 e. The summed E-state index contributed by atoms with van der Waals surface area (Å²) in [5, 5.41) is 6.40. The lowest BCUT2D eigenvalue weighted by Crippen LogP contribution is -2.61. The zero-order valence-corrected chi connectivity index (χ0v) is 36.5. The summed E-state index contributed by atoms with van der Waals surface area (Å²) in [6.07, 6.45) is 0. The van der Waals surface area contributed by atoms with E-state index in [-0.39, 0.29) is 6.71 Å². The van der Waals surface area contributed by atoms with Crippen molar-refractivity contribution in [1.82, 2.24) is 0 Å². The van der Waals surface area contributed by atoms with Crippen molar-refractivity contribution in [3.8, 4) is 22.3 Å². The minimum Gasteiger partial charge on any atom is -0.461 e. The second-order valence-electron chi connectivity index (χ2n) is 18.0. The van der Waals surface area contributed by atoms with Crippen LogP contribution in [0.5, 0.6) is 0 Å². The molecule has 0 aliphatic carbocycles.